The molecule has 0 saturated carbocycles. The summed E-state index contributed by atoms with van der Waals surface area (Å²) >= 11 is 0. The molecule has 1 aromatic rings. The van der Waals surface area contributed by atoms with Gasteiger partial charge in [0.05, 0.1) is 5.92 Å². The van der Waals surface area contributed by atoms with Gasteiger partial charge in [-0.15, -0.1) is 0 Å². The molecule has 110 valence electrons. The molecule has 1 unspecified atom stereocenters. The van der Waals surface area contributed by atoms with Gasteiger partial charge < -0.3 is 9.80 Å². The zero-order valence-electron chi connectivity index (χ0n) is 13.1. The molecule has 1 aromatic heterocycles. The number of amides is 1. The van der Waals surface area contributed by atoms with Crippen LogP contribution in [0.2, 0.25) is 0 Å². The Labute approximate surface area is 121 Å². The van der Waals surface area contributed by atoms with E-state index in [0.717, 1.165) is 31.2 Å². The van der Waals surface area contributed by atoms with Gasteiger partial charge in [0, 0.05) is 38.8 Å². The third kappa shape index (κ3) is 3.08. The van der Waals surface area contributed by atoms with Crippen LogP contribution in [0, 0.1) is 5.92 Å². The molecule has 1 saturated heterocycles. The molecule has 1 amide bonds. The summed E-state index contributed by atoms with van der Waals surface area (Å²) in [5, 5.41) is 0. The maximum Gasteiger partial charge on any atom is 0.227 e. The predicted octanol–water partition coefficient (Wildman–Crippen LogP) is 1.69. The quantitative estimate of drug-likeness (QED) is 0.825. The first-order valence-corrected chi connectivity index (χ1v) is 7.08. The second-order valence-electron chi connectivity index (χ2n) is 6.65. The normalized spacial score (nSPS) is 19.2. The lowest BCUT2D eigenvalue weighted by atomic mass is 9.96. The van der Waals surface area contributed by atoms with Crippen molar-refractivity contribution in [3.63, 3.8) is 0 Å². The molecule has 1 fully saturated rings. The molecular formula is C15H24N4O. The Balaban J connectivity index is 2.13. The Morgan fingerprint density at radius 1 is 1.40 bits per heavy atom. The Morgan fingerprint density at radius 3 is 2.70 bits per heavy atom. The average Bonchev–Trinajstić information content (AvgIpc) is 2.86. The number of aromatic nitrogens is 2. The molecule has 0 bridgehead atoms. The number of carbonyl (C=O) groups is 1. The molecule has 2 heterocycles. The molecule has 0 aliphatic carbocycles. The lowest BCUT2D eigenvalue weighted by Crippen LogP contribution is -2.32. The first kappa shape index (κ1) is 14.8. The van der Waals surface area contributed by atoms with Gasteiger partial charge in [-0.2, -0.15) is 0 Å². The van der Waals surface area contributed by atoms with E-state index in [-0.39, 0.29) is 17.2 Å². The Hall–Kier alpha value is -1.65. The molecular weight excluding hydrogens is 252 g/mol. The number of carbonyl (C=O) groups excluding carboxylic acids is 1. The van der Waals surface area contributed by atoms with E-state index < -0.39 is 0 Å². The van der Waals surface area contributed by atoms with E-state index in [1.165, 1.54) is 0 Å². The lowest BCUT2D eigenvalue weighted by molar-refractivity contribution is -0.132. The predicted molar refractivity (Wildman–Crippen MR) is 79.7 cm³/mol. The Bertz CT molecular complexity index is 493. The summed E-state index contributed by atoms with van der Waals surface area (Å²) in [5.41, 5.74) is -0.0609. The molecule has 0 N–H and O–H groups in total. The van der Waals surface area contributed by atoms with E-state index in [1.54, 1.807) is 4.90 Å². The minimum absolute atomic E-state index is 0.0609. The van der Waals surface area contributed by atoms with Crippen LogP contribution in [-0.2, 0) is 10.2 Å². The first-order chi connectivity index (χ1) is 9.29. The smallest absolute Gasteiger partial charge is 0.227 e. The highest BCUT2D eigenvalue weighted by atomic mass is 16.2. The van der Waals surface area contributed by atoms with Crippen LogP contribution < -0.4 is 4.90 Å². The zero-order valence-corrected chi connectivity index (χ0v) is 13.1. The van der Waals surface area contributed by atoms with Crippen LogP contribution in [0.15, 0.2) is 12.3 Å². The molecule has 0 aromatic carbocycles. The van der Waals surface area contributed by atoms with Gasteiger partial charge in [0.1, 0.15) is 11.6 Å². The van der Waals surface area contributed by atoms with Crippen molar-refractivity contribution in [1.29, 1.82) is 0 Å². The van der Waals surface area contributed by atoms with Crippen LogP contribution in [0.1, 0.15) is 33.0 Å². The second-order valence-corrected chi connectivity index (χ2v) is 6.65. The van der Waals surface area contributed by atoms with Crippen molar-refractivity contribution in [2.45, 2.75) is 32.6 Å². The fourth-order valence-electron chi connectivity index (χ4n) is 2.42. The van der Waals surface area contributed by atoms with E-state index in [1.807, 2.05) is 26.4 Å². The SMILES string of the molecule is CN(C)C(=O)C1CCN(c2ccnc(C(C)(C)C)n2)C1. The molecule has 5 nitrogen and oxygen atoms in total. The summed E-state index contributed by atoms with van der Waals surface area (Å²) in [6.45, 7) is 7.94. The number of anilines is 1. The van der Waals surface area contributed by atoms with Crippen LogP contribution in [0.3, 0.4) is 0 Å². The Morgan fingerprint density at radius 2 is 2.10 bits per heavy atom. The highest BCUT2D eigenvalue weighted by molar-refractivity contribution is 5.79. The summed E-state index contributed by atoms with van der Waals surface area (Å²) in [4.78, 5) is 24.9. The second kappa shape index (κ2) is 5.38. The van der Waals surface area contributed by atoms with Gasteiger partial charge in [-0.1, -0.05) is 20.8 Å². The van der Waals surface area contributed by atoms with Gasteiger partial charge in [0.15, 0.2) is 0 Å². The van der Waals surface area contributed by atoms with Gasteiger partial charge in [0.25, 0.3) is 0 Å². The van der Waals surface area contributed by atoms with Crippen molar-refractivity contribution in [2.24, 2.45) is 5.92 Å². The number of hydrogen-bond donors (Lipinski definition) is 0. The number of nitrogens with zero attached hydrogens (tertiary/aromatic N) is 4. The first-order valence-electron chi connectivity index (χ1n) is 7.08. The van der Waals surface area contributed by atoms with Gasteiger partial charge in [-0.3, -0.25) is 4.79 Å². The summed E-state index contributed by atoms with van der Waals surface area (Å²) in [6, 6.07) is 1.93. The van der Waals surface area contributed by atoms with E-state index >= 15 is 0 Å². The largest absolute Gasteiger partial charge is 0.356 e. The lowest BCUT2D eigenvalue weighted by Gasteiger charge is -2.22. The minimum atomic E-state index is -0.0609. The molecule has 1 aliphatic heterocycles. The fraction of sp³-hybridized carbons (Fsp3) is 0.667. The summed E-state index contributed by atoms with van der Waals surface area (Å²) < 4.78 is 0. The highest BCUT2D eigenvalue weighted by Gasteiger charge is 2.30. The van der Waals surface area contributed by atoms with Crippen molar-refractivity contribution in [2.75, 3.05) is 32.1 Å². The van der Waals surface area contributed by atoms with Gasteiger partial charge in [-0.05, 0) is 12.5 Å². The van der Waals surface area contributed by atoms with Crippen molar-refractivity contribution in [3.8, 4) is 0 Å². The van der Waals surface area contributed by atoms with Crippen molar-refractivity contribution in [3.05, 3.63) is 18.1 Å². The fourth-order valence-corrected chi connectivity index (χ4v) is 2.42. The van der Waals surface area contributed by atoms with Crippen molar-refractivity contribution < 1.29 is 4.79 Å². The molecule has 2 rings (SSSR count). The number of rotatable bonds is 2. The third-order valence-electron chi connectivity index (χ3n) is 3.61. The average molecular weight is 276 g/mol. The molecule has 1 atom stereocenters. The third-order valence-corrected chi connectivity index (χ3v) is 3.61. The maximum absolute atomic E-state index is 12.0. The van der Waals surface area contributed by atoms with Crippen LogP contribution in [0.5, 0.6) is 0 Å². The van der Waals surface area contributed by atoms with Gasteiger partial charge in [0.2, 0.25) is 5.91 Å². The summed E-state index contributed by atoms with van der Waals surface area (Å²) in [6.07, 6.45) is 2.70. The minimum Gasteiger partial charge on any atom is -0.356 e. The maximum atomic E-state index is 12.0. The standard InChI is InChI=1S/C15H24N4O/c1-15(2,3)14-16-8-6-12(17-14)19-9-7-11(10-19)13(20)18(4)5/h6,8,11H,7,9-10H2,1-5H3. The van der Waals surface area contributed by atoms with Crippen LogP contribution >= 0.6 is 0 Å². The van der Waals surface area contributed by atoms with Gasteiger partial charge in [-0.25, -0.2) is 9.97 Å². The monoisotopic (exact) mass is 276 g/mol. The van der Waals surface area contributed by atoms with Crippen molar-refractivity contribution in [1.82, 2.24) is 14.9 Å². The zero-order chi connectivity index (χ0) is 14.9. The molecule has 5 heteroatoms. The van der Waals surface area contributed by atoms with Gasteiger partial charge >= 0.3 is 0 Å². The van der Waals surface area contributed by atoms with E-state index in [9.17, 15) is 4.79 Å². The Kier molecular flexibility index (Phi) is 3.97. The topological polar surface area (TPSA) is 49.3 Å². The van der Waals surface area contributed by atoms with Crippen LogP contribution in [0.25, 0.3) is 0 Å². The molecule has 0 spiro atoms. The van der Waals surface area contributed by atoms with E-state index in [4.69, 9.17) is 0 Å². The summed E-state index contributed by atoms with van der Waals surface area (Å²) in [7, 11) is 3.63. The molecule has 20 heavy (non-hydrogen) atoms. The molecule has 1 aliphatic rings. The highest BCUT2D eigenvalue weighted by Crippen LogP contribution is 2.25. The van der Waals surface area contributed by atoms with E-state index in [2.05, 4.69) is 35.6 Å². The van der Waals surface area contributed by atoms with Crippen molar-refractivity contribution >= 4 is 11.7 Å². The van der Waals surface area contributed by atoms with E-state index in [0.29, 0.717) is 0 Å². The molecule has 0 radical (unpaired) electrons. The van der Waals surface area contributed by atoms with Crippen LogP contribution in [-0.4, -0.2) is 48.0 Å². The summed E-state index contributed by atoms with van der Waals surface area (Å²) in [5.74, 6) is 2.06. The van der Waals surface area contributed by atoms with Crippen LogP contribution in [0.4, 0.5) is 5.82 Å². The number of hydrogen-bond acceptors (Lipinski definition) is 4.